The molecule has 0 radical (unpaired) electrons. The lowest BCUT2D eigenvalue weighted by Crippen LogP contribution is -2.36. The molecule has 1 heterocycles. The summed E-state index contributed by atoms with van der Waals surface area (Å²) in [6, 6.07) is 6.05. The lowest BCUT2D eigenvalue weighted by Gasteiger charge is -2.16. The molecule has 0 aromatic heterocycles. The van der Waals surface area contributed by atoms with Crippen LogP contribution in [0.4, 0.5) is 0 Å². The molecule has 1 aromatic carbocycles. The van der Waals surface area contributed by atoms with Crippen LogP contribution in [0, 0.1) is 0 Å². The average Bonchev–Trinajstić information content (AvgIpc) is 2.85. The summed E-state index contributed by atoms with van der Waals surface area (Å²) in [5.74, 6) is 2.58. The Balaban J connectivity index is 1.93. The van der Waals surface area contributed by atoms with E-state index < -0.39 is 0 Å². The first-order chi connectivity index (χ1) is 9.20. The van der Waals surface area contributed by atoms with Gasteiger partial charge in [0.2, 0.25) is 6.79 Å². The van der Waals surface area contributed by atoms with Gasteiger partial charge in [-0.1, -0.05) is 6.07 Å². The third kappa shape index (κ3) is 3.53. The predicted molar refractivity (Wildman–Crippen MR) is 75.9 cm³/mol. The number of aliphatic imine (C=N–C) groups is 1. The van der Waals surface area contributed by atoms with Gasteiger partial charge >= 0.3 is 0 Å². The number of benzene rings is 1. The van der Waals surface area contributed by atoms with Crippen LogP contribution >= 0.6 is 0 Å². The van der Waals surface area contributed by atoms with Crippen molar-refractivity contribution in [1.29, 1.82) is 0 Å². The van der Waals surface area contributed by atoms with Crippen molar-refractivity contribution < 1.29 is 9.47 Å². The molecule has 1 aromatic rings. The van der Waals surface area contributed by atoms with Crippen molar-refractivity contribution >= 4 is 5.96 Å². The summed E-state index contributed by atoms with van der Waals surface area (Å²) in [6.45, 7) is 4.01. The normalized spacial score (nSPS) is 13.5. The molecule has 0 fully saturated rings. The summed E-state index contributed by atoms with van der Waals surface area (Å²) in [5.41, 5.74) is 1.21. The summed E-state index contributed by atoms with van der Waals surface area (Å²) in [4.78, 5) is 6.55. The van der Waals surface area contributed by atoms with Gasteiger partial charge in [-0.05, 0) is 31.0 Å². The van der Waals surface area contributed by atoms with Crippen LogP contribution in [-0.2, 0) is 6.42 Å². The second-order valence-corrected chi connectivity index (χ2v) is 4.57. The Bertz CT molecular complexity index is 458. The van der Waals surface area contributed by atoms with E-state index in [4.69, 9.17) is 9.47 Å². The Morgan fingerprint density at radius 1 is 1.32 bits per heavy atom. The molecule has 0 aliphatic carbocycles. The van der Waals surface area contributed by atoms with Gasteiger partial charge < -0.3 is 19.7 Å². The van der Waals surface area contributed by atoms with Gasteiger partial charge in [0.15, 0.2) is 17.5 Å². The van der Waals surface area contributed by atoms with E-state index in [1.807, 2.05) is 31.1 Å². The summed E-state index contributed by atoms with van der Waals surface area (Å²) in [5, 5.41) is 3.24. The summed E-state index contributed by atoms with van der Waals surface area (Å²) in [7, 11) is 3.98. The summed E-state index contributed by atoms with van der Waals surface area (Å²) < 4.78 is 10.7. The van der Waals surface area contributed by atoms with Gasteiger partial charge in [-0.25, -0.2) is 0 Å². The minimum absolute atomic E-state index is 0.322. The summed E-state index contributed by atoms with van der Waals surface area (Å²) in [6.07, 6.45) is 0.888. The monoisotopic (exact) mass is 263 g/mol. The van der Waals surface area contributed by atoms with Gasteiger partial charge in [-0.3, -0.25) is 4.99 Å². The largest absolute Gasteiger partial charge is 0.454 e. The molecule has 0 saturated heterocycles. The molecule has 0 atom stereocenters. The quantitative estimate of drug-likeness (QED) is 0.660. The lowest BCUT2D eigenvalue weighted by molar-refractivity contribution is 0.174. The maximum absolute atomic E-state index is 5.36. The highest BCUT2D eigenvalue weighted by molar-refractivity contribution is 5.79. The van der Waals surface area contributed by atoms with Crippen molar-refractivity contribution in [3.8, 4) is 11.5 Å². The van der Waals surface area contributed by atoms with Gasteiger partial charge in [0.1, 0.15) is 0 Å². The minimum Gasteiger partial charge on any atom is -0.454 e. The first-order valence-electron chi connectivity index (χ1n) is 6.55. The van der Waals surface area contributed by atoms with Crippen molar-refractivity contribution in [2.75, 3.05) is 34.0 Å². The van der Waals surface area contributed by atoms with Crippen LogP contribution in [0.15, 0.2) is 23.2 Å². The van der Waals surface area contributed by atoms with Crippen molar-refractivity contribution in [2.45, 2.75) is 13.3 Å². The zero-order valence-electron chi connectivity index (χ0n) is 11.8. The minimum atomic E-state index is 0.322. The van der Waals surface area contributed by atoms with Crippen LogP contribution in [0.2, 0.25) is 0 Å². The fourth-order valence-electron chi connectivity index (χ4n) is 1.90. The highest BCUT2D eigenvalue weighted by Crippen LogP contribution is 2.32. The molecule has 1 aliphatic rings. The zero-order valence-corrected chi connectivity index (χ0v) is 11.8. The number of ether oxygens (including phenoxy) is 2. The van der Waals surface area contributed by atoms with E-state index in [2.05, 4.69) is 23.3 Å². The number of nitrogens with one attached hydrogen (secondary N) is 1. The number of nitrogens with zero attached hydrogens (tertiary/aromatic N) is 2. The molecule has 1 N–H and O–H groups in total. The molecular formula is C14H21N3O2. The Kier molecular flexibility index (Phi) is 4.49. The standard InChI is InChI=1S/C14H21N3O2/c1-4-15-14(17(2)3)16-8-7-11-5-6-12-13(9-11)19-10-18-12/h5-6,9H,4,7-8,10H2,1-3H3,(H,15,16). The van der Waals surface area contributed by atoms with Crippen LogP contribution < -0.4 is 14.8 Å². The van der Waals surface area contributed by atoms with E-state index >= 15 is 0 Å². The molecule has 5 nitrogen and oxygen atoms in total. The molecule has 104 valence electrons. The maximum atomic E-state index is 5.36. The van der Waals surface area contributed by atoms with Gasteiger partial charge in [-0.15, -0.1) is 0 Å². The van der Waals surface area contributed by atoms with E-state index in [1.54, 1.807) is 0 Å². The van der Waals surface area contributed by atoms with Crippen molar-refractivity contribution in [3.63, 3.8) is 0 Å². The van der Waals surface area contributed by atoms with Crippen molar-refractivity contribution in [3.05, 3.63) is 23.8 Å². The molecule has 5 heteroatoms. The number of fused-ring (bicyclic) bond motifs is 1. The maximum Gasteiger partial charge on any atom is 0.231 e. The van der Waals surface area contributed by atoms with E-state index in [-0.39, 0.29) is 0 Å². The van der Waals surface area contributed by atoms with Gasteiger partial charge in [0, 0.05) is 27.2 Å². The molecular weight excluding hydrogens is 242 g/mol. The van der Waals surface area contributed by atoms with Gasteiger partial charge in [0.05, 0.1) is 0 Å². The fourth-order valence-corrected chi connectivity index (χ4v) is 1.90. The Hall–Kier alpha value is -1.91. The van der Waals surface area contributed by atoms with Crippen LogP contribution in [-0.4, -0.2) is 44.8 Å². The average molecular weight is 263 g/mol. The molecule has 0 saturated carbocycles. The number of rotatable bonds is 4. The molecule has 0 spiro atoms. The second kappa shape index (κ2) is 6.31. The molecule has 0 unspecified atom stereocenters. The van der Waals surface area contributed by atoms with E-state index in [9.17, 15) is 0 Å². The first-order valence-corrected chi connectivity index (χ1v) is 6.55. The van der Waals surface area contributed by atoms with Gasteiger partial charge in [0.25, 0.3) is 0 Å². The lowest BCUT2D eigenvalue weighted by atomic mass is 10.1. The topological polar surface area (TPSA) is 46.1 Å². The number of hydrogen-bond donors (Lipinski definition) is 1. The zero-order chi connectivity index (χ0) is 13.7. The Morgan fingerprint density at radius 2 is 2.11 bits per heavy atom. The Morgan fingerprint density at radius 3 is 2.84 bits per heavy atom. The van der Waals surface area contributed by atoms with E-state index in [1.165, 1.54) is 5.56 Å². The number of guanidine groups is 1. The smallest absolute Gasteiger partial charge is 0.231 e. The molecule has 19 heavy (non-hydrogen) atoms. The summed E-state index contributed by atoms with van der Waals surface area (Å²) >= 11 is 0. The highest BCUT2D eigenvalue weighted by Gasteiger charge is 2.12. The van der Waals surface area contributed by atoms with Gasteiger partial charge in [-0.2, -0.15) is 0 Å². The van der Waals surface area contributed by atoms with Crippen LogP contribution in [0.3, 0.4) is 0 Å². The molecule has 1 aliphatic heterocycles. The molecule has 2 rings (SSSR count). The van der Waals surface area contributed by atoms with E-state index in [0.717, 1.165) is 37.0 Å². The fraction of sp³-hybridized carbons (Fsp3) is 0.500. The number of hydrogen-bond acceptors (Lipinski definition) is 3. The SMILES string of the molecule is CCNC(=NCCc1ccc2c(c1)OCO2)N(C)C. The predicted octanol–water partition coefficient (Wildman–Crippen LogP) is 1.48. The van der Waals surface area contributed by atoms with Crippen LogP contribution in [0.25, 0.3) is 0 Å². The van der Waals surface area contributed by atoms with Crippen molar-refractivity contribution in [2.24, 2.45) is 4.99 Å². The second-order valence-electron chi connectivity index (χ2n) is 4.57. The third-order valence-electron chi connectivity index (χ3n) is 2.86. The molecule has 0 bridgehead atoms. The molecule has 0 amide bonds. The highest BCUT2D eigenvalue weighted by atomic mass is 16.7. The van der Waals surface area contributed by atoms with E-state index in [0.29, 0.717) is 6.79 Å². The van der Waals surface area contributed by atoms with Crippen molar-refractivity contribution in [1.82, 2.24) is 10.2 Å². The van der Waals surface area contributed by atoms with Crippen LogP contribution in [0.1, 0.15) is 12.5 Å². The third-order valence-corrected chi connectivity index (χ3v) is 2.86. The Labute approximate surface area is 114 Å². The first kappa shape index (κ1) is 13.5. The van der Waals surface area contributed by atoms with Crippen LogP contribution in [0.5, 0.6) is 11.5 Å².